The first-order chi connectivity index (χ1) is 18.2. The van der Waals surface area contributed by atoms with Crippen LogP contribution in [0.4, 0.5) is 11.4 Å². The quantitative estimate of drug-likeness (QED) is 0.0989. The molecule has 38 heavy (non-hydrogen) atoms. The van der Waals surface area contributed by atoms with Crippen LogP contribution in [0.15, 0.2) is 70.9 Å². The van der Waals surface area contributed by atoms with E-state index >= 15 is 0 Å². The molecule has 0 aliphatic carbocycles. The minimum Gasteiger partial charge on any atom is -0.505 e. The maximum atomic E-state index is 13.1. The molecule has 10 heteroatoms. The van der Waals surface area contributed by atoms with Gasteiger partial charge in [-0.1, -0.05) is 71.2 Å². The molecule has 0 spiro atoms. The molecule has 0 aromatic heterocycles. The van der Waals surface area contributed by atoms with Gasteiger partial charge in [-0.15, -0.1) is 5.11 Å². The number of aryl methyl sites for hydroxylation is 1. The second kappa shape index (κ2) is 11.8. The van der Waals surface area contributed by atoms with Gasteiger partial charge in [-0.05, 0) is 54.6 Å². The van der Waals surface area contributed by atoms with Crippen molar-refractivity contribution in [1.29, 1.82) is 0 Å². The van der Waals surface area contributed by atoms with E-state index in [4.69, 9.17) is 44.3 Å². The molecule has 0 aliphatic heterocycles. The van der Waals surface area contributed by atoms with Gasteiger partial charge in [0.15, 0.2) is 11.5 Å². The lowest BCUT2D eigenvalue weighted by Gasteiger charge is -2.12. The van der Waals surface area contributed by atoms with Crippen molar-refractivity contribution in [2.24, 2.45) is 10.2 Å². The van der Waals surface area contributed by atoms with Crippen LogP contribution in [0, 0.1) is 6.92 Å². The van der Waals surface area contributed by atoms with Crippen LogP contribution in [-0.2, 0) is 16.0 Å². The van der Waals surface area contributed by atoms with E-state index in [1.165, 1.54) is 18.2 Å². The number of halogens is 3. The maximum absolute atomic E-state index is 13.1. The summed E-state index contributed by atoms with van der Waals surface area (Å²) in [5, 5.41) is 21.4. The molecule has 194 valence electrons. The van der Waals surface area contributed by atoms with E-state index < -0.39 is 11.7 Å². The monoisotopic (exact) mass is 570 g/mol. The lowest BCUT2D eigenvalue weighted by Crippen LogP contribution is -2.10. The van der Waals surface area contributed by atoms with Gasteiger partial charge in [0.05, 0.1) is 15.7 Å². The SMILES string of the molecule is Cc1ccc(CC(C)OC=O)cc1N=Nc1c(O)c(C(=O)Oc2c(Cl)cc(Cl)cc2Cl)cc2ccccc12. The molecular formula is C28H21Cl3N2O5. The van der Waals surface area contributed by atoms with Gasteiger partial charge in [-0.25, -0.2) is 4.79 Å². The molecule has 4 rings (SSSR count). The van der Waals surface area contributed by atoms with Crippen molar-refractivity contribution in [3.8, 4) is 11.5 Å². The minimum atomic E-state index is -0.891. The molecule has 1 atom stereocenters. The zero-order valence-corrected chi connectivity index (χ0v) is 22.5. The maximum Gasteiger partial charge on any atom is 0.347 e. The molecule has 0 bridgehead atoms. The largest absolute Gasteiger partial charge is 0.505 e. The van der Waals surface area contributed by atoms with Crippen LogP contribution in [-0.4, -0.2) is 23.7 Å². The molecule has 0 fully saturated rings. The zero-order chi connectivity index (χ0) is 27.4. The summed E-state index contributed by atoms with van der Waals surface area (Å²) in [7, 11) is 0. The second-order valence-electron chi connectivity index (χ2n) is 8.50. The highest BCUT2D eigenvalue weighted by molar-refractivity contribution is 6.40. The van der Waals surface area contributed by atoms with Crippen LogP contribution in [0.1, 0.15) is 28.4 Å². The Morgan fingerprint density at radius 3 is 2.45 bits per heavy atom. The topological polar surface area (TPSA) is 97.5 Å². The molecule has 0 heterocycles. The summed E-state index contributed by atoms with van der Waals surface area (Å²) in [6.07, 6.45) is 0.186. The fraction of sp³-hybridized carbons (Fsp3) is 0.143. The number of phenols is 1. The first-order valence-electron chi connectivity index (χ1n) is 11.4. The number of ether oxygens (including phenoxy) is 2. The van der Waals surface area contributed by atoms with Crippen molar-refractivity contribution >= 4 is 69.4 Å². The van der Waals surface area contributed by atoms with Crippen LogP contribution >= 0.6 is 34.8 Å². The Morgan fingerprint density at radius 1 is 1.03 bits per heavy atom. The number of phenolic OH excluding ortho intramolecular Hbond substituents is 1. The van der Waals surface area contributed by atoms with Gasteiger partial charge >= 0.3 is 5.97 Å². The van der Waals surface area contributed by atoms with Gasteiger partial charge in [0.2, 0.25) is 0 Å². The highest BCUT2D eigenvalue weighted by atomic mass is 35.5. The predicted octanol–water partition coefficient (Wildman–Crippen LogP) is 8.55. The number of aromatic hydroxyl groups is 1. The zero-order valence-electron chi connectivity index (χ0n) is 20.2. The molecule has 0 saturated heterocycles. The van der Waals surface area contributed by atoms with Crippen molar-refractivity contribution < 1.29 is 24.2 Å². The molecule has 0 radical (unpaired) electrons. The fourth-order valence-corrected chi connectivity index (χ4v) is 4.71. The molecule has 4 aromatic carbocycles. The number of hydrogen-bond acceptors (Lipinski definition) is 7. The lowest BCUT2D eigenvalue weighted by molar-refractivity contribution is -0.132. The normalized spacial score (nSPS) is 12.0. The summed E-state index contributed by atoms with van der Waals surface area (Å²) >= 11 is 18.3. The van der Waals surface area contributed by atoms with E-state index in [2.05, 4.69) is 10.2 Å². The molecular weight excluding hydrogens is 551 g/mol. The van der Waals surface area contributed by atoms with E-state index in [0.717, 1.165) is 11.1 Å². The van der Waals surface area contributed by atoms with Gasteiger partial charge in [-0.2, -0.15) is 5.11 Å². The molecule has 0 saturated carbocycles. The van der Waals surface area contributed by atoms with Crippen LogP contribution in [0.3, 0.4) is 0 Å². The Hall–Kier alpha value is -3.65. The fourth-order valence-electron chi connectivity index (χ4n) is 3.82. The average molecular weight is 572 g/mol. The summed E-state index contributed by atoms with van der Waals surface area (Å²) in [4.78, 5) is 23.7. The summed E-state index contributed by atoms with van der Waals surface area (Å²) in [6, 6.07) is 17.0. The summed E-state index contributed by atoms with van der Waals surface area (Å²) in [5.41, 5.74) is 2.22. The smallest absolute Gasteiger partial charge is 0.347 e. The molecule has 4 aromatic rings. The highest BCUT2D eigenvalue weighted by Crippen LogP contribution is 2.41. The Morgan fingerprint density at radius 2 is 1.74 bits per heavy atom. The highest BCUT2D eigenvalue weighted by Gasteiger charge is 2.22. The van der Waals surface area contributed by atoms with Gasteiger partial charge in [0, 0.05) is 16.8 Å². The molecule has 1 unspecified atom stereocenters. The third kappa shape index (κ3) is 6.07. The molecule has 7 nitrogen and oxygen atoms in total. The van der Waals surface area contributed by atoms with Crippen molar-refractivity contribution in [3.05, 3.63) is 92.4 Å². The number of carbonyl (C=O) groups excluding carboxylic acids is 2. The van der Waals surface area contributed by atoms with Crippen LogP contribution in [0.2, 0.25) is 15.1 Å². The van der Waals surface area contributed by atoms with Crippen molar-refractivity contribution in [3.63, 3.8) is 0 Å². The van der Waals surface area contributed by atoms with E-state index in [0.29, 0.717) is 29.4 Å². The number of esters is 1. The molecule has 0 aliphatic rings. The van der Waals surface area contributed by atoms with Gasteiger partial charge in [0.25, 0.3) is 6.47 Å². The number of fused-ring (bicyclic) bond motifs is 1. The third-order valence-electron chi connectivity index (χ3n) is 5.72. The van der Waals surface area contributed by atoms with Gasteiger partial charge < -0.3 is 14.6 Å². The van der Waals surface area contributed by atoms with E-state index in [1.54, 1.807) is 31.2 Å². The summed E-state index contributed by atoms with van der Waals surface area (Å²) in [5.74, 6) is -1.39. The lowest BCUT2D eigenvalue weighted by atomic mass is 10.0. The van der Waals surface area contributed by atoms with Gasteiger partial charge in [-0.3, -0.25) is 4.79 Å². The summed E-state index contributed by atoms with van der Waals surface area (Å²) in [6.45, 7) is 4.07. The molecule has 1 N–H and O–H groups in total. The third-order valence-corrected chi connectivity index (χ3v) is 6.49. The van der Waals surface area contributed by atoms with Gasteiger partial charge in [0.1, 0.15) is 17.4 Å². The number of rotatable bonds is 8. The van der Waals surface area contributed by atoms with Crippen LogP contribution in [0.5, 0.6) is 11.5 Å². The number of nitrogens with zero attached hydrogens (tertiary/aromatic N) is 2. The van der Waals surface area contributed by atoms with Crippen LogP contribution in [0.25, 0.3) is 10.8 Å². The molecule has 0 amide bonds. The second-order valence-corrected chi connectivity index (χ2v) is 9.75. The Bertz CT molecular complexity index is 1550. The Labute approximate surface area is 233 Å². The Balaban J connectivity index is 1.74. The van der Waals surface area contributed by atoms with Crippen molar-refractivity contribution in [2.45, 2.75) is 26.4 Å². The minimum absolute atomic E-state index is 0.0410. The van der Waals surface area contributed by atoms with E-state index in [1.807, 2.05) is 25.1 Å². The standard InChI is InChI=1S/C28H21Cl3N2O5/c1-15-7-8-17(9-16(2)37-14-34)10-24(15)32-33-25-20-6-4-3-5-18(20)11-21(26(25)35)28(36)38-27-22(30)12-19(29)13-23(27)31/h3-8,10-14,16,35H,9H2,1-2H3. The number of hydrogen-bond donors (Lipinski definition) is 1. The predicted molar refractivity (Wildman–Crippen MR) is 148 cm³/mol. The van der Waals surface area contributed by atoms with Crippen LogP contribution < -0.4 is 4.74 Å². The van der Waals surface area contributed by atoms with E-state index in [-0.39, 0.29) is 38.2 Å². The first-order valence-corrected chi connectivity index (χ1v) is 12.5. The first kappa shape index (κ1) is 27.4. The number of azo groups is 1. The van der Waals surface area contributed by atoms with Crippen molar-refractivity contribution in [1.82, 2.24) is 0 Å². The average Bonchev–Trinajstić information content (AvgIpc) is 2.87. The number of benzene rings is 4. The number of carbonyl (C=O) groups is 2. The van der Waals surface area contributed by atoms with E-state index in [9.17, 15) is 14.7 Å². The summed E-state index contributed by atoms with van der Waals surface area (Å²) < 4.78 is 10.4. The Kier molecular flexibility index (Phi) is 8.52. The van der Waals surface area contributed by atoms with Crippen molar-refractivity contribution in [2.75, 3.05) is 0 Å².